The summed E-state index contributed by atoms with van der Waals surface area (Å²) in [4.78, 5) is 45.3. The van der Waals surface area contributed by atoms with Crippen molar-refractivity contribution in [1.29, 1.82) is 0 Å². The van der Waals surface area contributed by atoms with Crippen molar-refractivity contribution in [2.45, 2.75) is 27.3 Å². The normalized spacial score (nSPS) is 10.6. The highest BCUT2D eigenvalue weighted by molar-refractivity contribution is 7.18. The fourth-order valence-electron chi connectivity index (χ4n) is 2.41. The number of aromatic amines is 1. The van der Waals surface area contributed by atoms with E-state index in [1.807, 2.05) is 19.1 Å². The lowest BCUT2D eigenvalue weighted by Crippen LogP contribution is -2.23. The first-order valence-corrected chi connectivity index (χ1v) is 9.79. The second-order valence-electron chi connectivity index (χ2n) is 5.94. The van der Waals surface area contributed by atoms with Crippen molar-refractivity contribution in [2.24, 2.45) is 0 Å². The molecule has 3 aromatic rings. The molecule has 0 saturated heterocycles. The standard InChI is InChI=1S/C18H18N4O3S2/c1-9-4-6-13(16(24)20-9)17(25)22-18-21-15(10(2)26-18)14-7-5-12(27-14)8-19-11(3)23/h4-7H,8H2,1-3H3,(H,19,23)(H,20,24)(H,21,22,25). The molecule has 0 radical (unpaired) electrons. The molecule has 0 aliphatic rings. The molecule has 0 unspecified atom stereocenters. The van der Waals surface area contributed by atoms with E-state index in [0.717, 1.165) is 20.3 Å². The Morgan fingerprint density at radius 2 is 1.93 bits per heavy atom. The molecule has 0 aliphatic carbocycles. The number of carbonyl (C=O) groups is 2. The number of aryl methyl sites for hydroxylation is 2. The van der Waals surface area contributed by atoms with Crippen LogP contribution in [0, 0.1) is 13.8 Å². The minimum atomic E-state index is -0.492. The molecular weight excluding hydrogens is 384 g/mol. The van der Waals surface area contributed by atoms with E-state index in [0.29, 0.717) is 17.4 Å². The zero-order chi connectivity index (χ0) is 19.6. The molecular formula is C18H18N4O3S2. The molecule has 0 aromatic carbocycles. The number of rotatable bonds is 5. The van der Waals surface area contributed by atoms with Gasteiger partial charge in [0.2, 0.25) is 5.91 Å². The first-order valence-electron chi connectivity index (χ1n) is 8.15. The monoisotopic (exact) mass is 402 g/mol. The number of nitrogens with one attached hydrogen (secondary N) is 3. The third kappa shape index (κ3) is 4.50. The number of nitrogens with zero attached hydrogens (tertiary/aromatic N) is 1. The van der Waals surface area contributed by atoms with Crippen molar-refractivity contribution in [2.75, 3.05) is 5.32 Å². The third-order valence-corrected chi connectivity index (χ3v) is 5.70. The van der Waals surface area contributed by atoms with Crippen LogP contribution in [0.4, 0.5) is 5.13 Å². The van der Waals surface area contributed by atoms with Crippen LogP contribution in [-0.2, 0) is 11.3 Å². The molecule has 9 heteroatoms. The Balaban J connectivity index is 1.77. The predicted molar refractivity (Wildman–Crippen MR) is 107 cm³/mol. The molecule has 0 bridgehead atoms. The van der Waals surface area contributed by atoms with Crippen molar-refractivity contribution in [3.63, 3.8) is 0 Å². The SMILES string of the molecule is CC(=O)NCc1ccc(-c2nc(NC(=O)c3ccc(C)[nH]c3=O)sc2C)s1. The molecule has 7 nitrogen and oxygen atoms in total. The minimum absolute atomic E-state index is 0.0451. The fourth-order valence-corrected chi connectivity index (χ4v) is 4.29. The third-order valence-electron chi connectivity index (χ3n) is 3.72. The molecule has 3 N–H and O–H groups in total. The molecule has 27 heavy (non-hydrogen) atoms. The lowest BCUT2D eigenvalue weighted by atomic mass is 10.2. The zero-order valence-electron chi connectivity index (χ0n) is 15.0. The highest BCUT2D eigenvalue weighted by Gasteiger charge is 2.16. The lowest BCUT2D eigenvalue weighted by Gasteiger charge is -2.01. The van der Waals surface area contributed by atoms with Crippen LogP contribution in [0.2, 0.25) is 0 Å². The number of hydrogen-bond donors (Lipinski definition) is 3. The van der Waals surface area contributed by atoms with E-state index in [-0.39, 0.29) is 11.5 Å². The van der Waals surface area contributed by atoms with E-state index < -0.39 is 11.5 Å². The first-order chi connectivity index (χ1) is 12.8. The molecule has 2 amide bonds. The number of amides is 2. The average molecular weight is 403 g/mol. The first kappa shape index (κ1) is 19.0. The van der Waals surface area contributed by atoms with Gasteiger partial charge in [-0.1, -0.05) is 0 Å². The van der Waals surface area contributed by atoms with Crippen molar-refractivity contribution in [3.8, 4) is 10.6 Å². The van der Waals surface area contributed by atoms with Crippen molar-refractivity contribution >= 4 is 39.6 Å². The Hall–Kier alpha value is -2.78. The van der Waals surface area contributed by atoms with Crippen LogP contribution < -0.4 is 16.2 Å². The van der Waals surface area contributed by atoms with E-state index in [1.54, 1.807) is 13.0 Å². The summed E-state index contributed by atoms with van der Waals surface area (Å²) in [5.41, 5.74) is 1.09. The van der Waals surface area contributed by atoms with Gasteiger partial charge in [-0.2, -0.15) is 0 Å². The molecule has 0 fully saturated rings. The number of pyridine rings is 1. The van der Waals surface area contributed by atoms with Gasteiger partial charge in [0.05, 0.1) is 17.1 Å². The van der Waals surface area contributed by atoms with E-state index in [9.17, 15) is 14.4 Å². The van der Waals surface area contributed by atoms with Gasteiger partial charge in [0.15, 0.2) is 5.13 Å². The van der Waals surface area contributed by atoms with Crippen LogP contribution in [0.5, 0.6) is 0 Å². The van der Waals surface area contributed by atoms with Gasteiger partial charge in [0.1, 0.15) is 5.56 Å². The Bertz CT molecular complexity index is 1060. The maximum atomic E-state index is 12.4. The van der Waals surface area contributed by atoms with Gasteiger partial charge in [0.25, 0.3) is 11.5 Å². The van der Waals surface area contributed by atoms with E-state index in [1.165, 1.54) is 35.7 Å². The molecule has 3 heterocycles. The van der Waals surface area contributed by atoms with Crippen LogP contribution in [0.1, 0.15) is 32.7 Å². The van der Waals surface area contributed by atoms with Crippen LogP contribution >= 0.6 is 22.7 Å². The van der Waals surface area contributed by atoms with Gasteiger partial charge in [0, 0.05) is 22.4 Å². The van der Waals surface area contributed by atoms with Crippen LogP contribution in [0.25, 0.3) is 10.6 Å². The molecule has 0 aliphatic heterocycles. The number of anilines is 1. The number of aromatic nitrogens is 2. The topological polar surface area (TPSA) is 104 Å². The summed E-state index contributed by atoms with van der Waals surface area (Å²) in [6.45, 7) is 5.63. The van der Waals surface area contributed by atoms with E-state index in [4.69, 9.17) is 0 Å². The average Bonchev–Trinajstić information content (AvgIpc) is 3.19. The Kier molecular flexibility index (Phi) is 5.52. The quantitative estimate of drug-likeness (QED) is 0.610. The van der Waals surface area contributed by atoms with Crippen LogP contribution in [0.3, 0.4) is 0 Å². The summed E-state index contributed by atoms with van der Waals surface area (Å²) >= 11 is 2.89. The summed E-state index contributed by atoms with van der Waals surface area (Å²) in [7, 11) is 0. The smallest absolute Gasteiger partial charge is 0.263 e. The maximum absolute atomic E-state index is 12.4. The number of H-pyrrole nitrogens is 1. The predicted octanol–water partition coefficient (Wildman–Crippen LogP) is 3.07. The van der Waals surface area contributed by atoms with Gasteiger partial charge < -0.3 is 10.3 Å². The summed E-state index contributed by atoms with van der Waals surface area (Å²) < 4.78 is 0. The highest BCUT2D eigenvalue weighted by atomic mass is 32.1. The lowest BCUT2D eigenvalue weighted by molar-refractivity contribution is -0.119. The van der Waals surface area contributed by atoms with Crippen LogP contribution in [-0.4, -0.2) is 21.8 Å². The minimum Gasteiger partial charge on any atom is -0.351 e. The van der Waals surface area contributed by atoms with Gasteiger partial charge in [-0.3, -0.25) is 19.7 Å². The molecule has 140 valence electrons. The number of thiazole rings is 1. The summed E-state index contributed by atoms with van der Waals surface area (Å²) in [6.07, 6.45) is 0. The molecule has 3 aromatic heterocycles. The second-order valence-corrected chi connectivity index (χ2v) is 8.31. The Morgan fingerprint density at radius 1 is 1.15 bits per heavy atom. The van der Waals surface area contributed by atoms with Gasteiger partial charge in [-0.15, -0.1) is 22.7 Å². The maximum Gasteiger partial charge on any atom is 0.263 e. The Morgan fingerprint density at radius 3 is 2.63 bits per heavy atom. The van der Waals surface area contributed by atoms with E-state index in [2.05, 4.69) is 20.6 Å². The van der Waals surface area contributed by atoms with Crippen molar-refractivity contribution in [1.82, 2.24) is 15.3 Å². The molecule has 0 spiro atoms. The second kappa shape index (κ2) is 7.85. The van der Waals surface area contributed by atoms with Crippen molar-refractivity contribution in [3.05, 3.63) is 55.6 Å². The highest BCUT2D eigenvalue weighted by Crippen LogP contribution is 2.34. The fraction of sp³-hybridized carbons (Fsp3) is 0.222. The van der Waals surface area contributed by atoms with Crippen LogP contribution in [0.15, 0.2) is 29.1 Å². The Labute approximate surface area is 163 Å². The number of thiophene rings is 1. The summed E-state index contributed by atoms with van der Waals surface area (Å²) in [5.74, 6) is -0.569. The molecule has 0 atom stereocenters. The number of carbonyl (C=O) groups excluding carboxylic acids is 2. The van der Waals surface area contributed by atoms with Gasteiger partial charge in [-0.25, -0.2) is 4.98 Å². The summed E-state index contributed by atoms with van der Waals surface area (Å²) in [5, 5.41) is 5.89. The summed E-state index contributed by atoms with van der Waals surface area (Å²) in [6, 6.07) is 7.06. The number of hydrogen-bond acceptors (Lipinski definition) is 6. The van der Waals surface area contributed by atoms with Gasteiger partial charge >= 0.3 is 0 Å². The molecule has 3 rings (SSSR count). The largest absolute Gasteiger partial charge is 0.351 e. The van der Waals surface area contributed by atoms with E-state index >= 15 is 0 Å². The van der Waals surface area contributed by atoms with Crippen molar-refractivity contribution < 1.29 is 9.59 Å². The molecule has 0 saturated carbocycles. The van der Waals surface area contributed by atoms with Gasteiger partial charge in [-0.05, 0) is 38.1 Å². The zero-order valence-corrected chi connectivity index (χ0v) is 16.6.